The lowest BCUT2D eigenvalue weighted by Gasteiger charge is -2.10. The molecule has 8 bridgehead atoms. The summed E-state index contributed by atoms with van der Waals surface area (Å²) in [5.41, 5.74) is 10.1. The van der Waals surface area contributed by atoms with Gasteiger partial charge in [-0.1, -0.05) is 72.8 Å². The second-order valence-electron chi connectivity index (χ2n) is 12.6. The van der Waals surface area contributed by atoms with Crippen LogP contribution in [0.4, 0.5) is 0 Å². The lowest BCUT2D eigenvalue weighted by atomic mass is 10.0. The Morgan fingerprint density at radius 2 is 0.615 bits per heavy atom. The van der Waals surface area contributed by atoms with Crippen molar-refractivity contribution in [2.75, 3.05) is 0 Å². The molecule has 0 unspecified atom stereocenters. The molecule has 8 heteroatoms. The second-order valence-corrected chi connectivity index (χ2v) is 12.6. The first-order valence-electron chi connectivity index (χ1n) is 16.7. The van der Waals surface area contributed by atoms with Gasteiger partial charge < -0.3 is 30.4 Å². The van der Waals surface area contributed by atoms with Gasteiger partial charge in [0.1, 0.15) is 23.0 Å². The summed E-state index contributed by atoms with van der Waals surface area (Å²) in [5.74, 6) is -0.346. The van der Waals surface area contributed by atoms with Crippen molar-refractivity contribution >= 4 is 46.4 Å². The highest BCUT2D eigenvalue weighted by Crippen LogP contribution is 2.45. The zero-order chi connectivity index (χ0) is 35.3. The quantitative estimate of drug-likeness (QED) is 0.110. The van der Waals surface area contributed by atoms with E-state index in [-0.39, 0.29) is 34.1 Å². The molecule has 3 aromatic heterocycles. The summed E-state index contributed by atoms with van der Waals surface area (Å²) in [6, 6.07) is 36.8. The maximum absolute atomic E-state index is 11.2. The smallest absolute Gasteiger partial charge is 0.127 e. The number of fused-ring (bicyclic) bond motifs is 8. The van der Waals surface area contributed by atoms with Gasteiger partial charge in [0.2, 0.25) is 0 Å². The standard InChI is InChI=1S/C44H30N4O4/c49-35-13-7-14-36(50)43(35)41-31-21-17-27(45-31)39(25-9-3-1-4-10-25)28-18-22-32(46-28)42(44-37(51)15-8-16-38(44)52)34-24-20-30(48-34)40(26-11-5-2-6-12-26)29-19-23-33(41)47-29/h1-24,45,48-52H. The van der Waals surface area contributed by atoms with Crippen LogP contribution in [0.2, 0.25) is 0 Å². The Hall–Kier alpha value is -7.32. The predicted octanol–water partition coefficient (Wildman–Crippen LogP) is 10.1. The molecule has 0 radical (unpaired) electrons. The van der Waals surface area contributed by atoms with Crippen molar-refractivity contribution in [3.8, 4) is 67.5 Å². The van der Waals surface area contributed by atoms with Gasteiger partial charge >= 0.3 is 0 Å². The molecule has 0 atom stereocenters. The molecule has 2 aliphatic rings. The van der Waals surface area contributed by atoms with E-state index in [0.717, 1.165) is 33.3 Å². The number of hydrogen-bond donors (Lipinski definition) is 6. The summed E-state index contributed by atoms with van der Waals surface area (Å²) < 4.78 is 0. The van der Waals surface area contributed by atoms with E-state index < -0.39 is 0 Å². The third kappa shape index (κ3) is 5.09. The van der Waals surface area contributed by atoms with Gasteiger partial charge in [-0.05, 0) is 84.0 Å². The van der Waals surface area contributed by atoms with Crippen molar-refractivity contribution in [3.05, 3.63) is 144 Å². The summed E-state index contributed by atoms with van der Waals surface area (Å²) in [5, 5.41) is 44.7. The summed E-state index contributed by atoms with van der Waals surface area (Å²) in [6.45, 7) is 0. The number of phenolic OH excluding ortho intramolecular Hbond substituents is 4. The van der Waals surface area contributed by atoms with Crippen molar-refractivity contribution in [1.82, 2.24) is 19.9 Å². The van der Waals surface area contributed by atoms with E-state index in [1.54, 1.807) is 36.4 Å². The molecule has 0 saturated heterocycles. The van der Waals surface area contributed by atoms with Crippen molar-refractivity contribution in [2.24, 2.45) is 0 Å². The van der Waals surface area contributed by atoms with Crippen LogP contribution in [-0.2, 0) is 0 Å². The second kappa shape index (κ2) is 12.2. The lowest BCUT2D eigenvalue weighted by molar-refractivity contribution is 0.453. The molecule has 250 valence electrons. The molecule has 4 aromatic carbocycles. The molecule has 8 nitrogen and oxygen atoms in total. The highest BCUT2D eigenvalue weighted by molar-refractivity contribution is 6.01. The van der Waals surface area contributed by atoms with Crippen molar-refractivity contribution in [2.45, 2.75) is 0 Å². The lowest BCUT2D eigenvalue weighted by Crippen LogP contribution is -1.90. The van der Waals surface area contributed by atoms with Gasteiger partial charge in [0.15, 0.2) is 0 Å². The number of nitrogens with one attached hydrogen (secondary N) is 2. The van der Waals surface area contributed by atoms with Crippen LogP contribution in [0.15, 0.2) is 121 Å². The van der Waals surface area contributed by atoms with Gasteiger partial charge in [-0.15, -0.1) is 0 Å². The van der Waals surface area contributed by atoms with Gasteiger partial charge in [-0.25, -0.2) is 9.97 Å². The number of aromatic hydroxyl groups is 4. The topological polar surface area (TPSA) is 138 Å². The van der Waals surface area contributed by atoms with E-state index in [2.05, 4.69) is 9.97 Å². The van der Waals surface area contributed by atoms with Gasteiger partial charge in [0.25, 0.3) is 0 Å². The minimum Gasteiger partial charge on any atom is -0.507 e. The number of rotatable bonds is 4. The SMILES string of the molecule is Oc1cccc(O)c1-c1c2nc(c(-c3ccccc3)c3ccc([nH]3)c(-c3c(O)cccc3O)c3nc(c(-c4ccccc4)c4ccc1[nH]4)C=C3)C=C2. The Morgan fingerprint density at radius 3 is 0.962 bits per heavy atom. The van der Waals surface area contributed by atoms with Crippen LogP contribution in [0.25, 0.3) is 90.9 Å². The summed E-state index contributed by atoms with van der Waals surface area (Å²) >= 11 is 0. The molecule has 5 heterocycles. The van der Waals surface area contributed by atoms with Crippen LogP contribution in [0.1, 0.15) is 22.8 Å². The third-order valence-corrected chi connectivity index (χ3v) is 9.42. The molecule has 0 fully saturated rings. The third-order valence-electron chi connectivity index (χ3n) is 9.42. The Kier molecular flexibility index (Phi) is 7.22. The van der Waals surface area contributed by atoms with Gasteiger partial charge in [0.05, 0.1) is 33.9 Å². The van der Waals surface area contributed by atoms with Crippen LogP contribution >= 0.6 is 0 Å². The monoisotopic (exact) mass is 678 g/mol. The van der Waals surface area contributed by atoms with Gasteiger partial charge in [-0.2, -0.15) is 0 Å². The number of H-pyrrole nitrogens is 2. The summed E-state index contributed by atoms with van der Waals surface area (Å²) in [7, 11) is 0. The summed E-state index contributed by atoms with van der Waals surface area (Å²) in [6.07, 6.45) is 7.60. The van der Waals surface area contributed by atoms with E-state index in [4.69, 9.17) is 9.97 Å². The molecule has 6 N–H and O–H groups in total. The fraction of sp³-hybridized carbons (Fsp3) is 0. The number of nitrogens with zero attached hydrogens (tertiary/aromatic N) is 2. The number of aromatic amines is 2. The van der Waals surface area contributed by atoms with E-state index >= 15 is 0 Å². The number of benzene rings is 4. The molecule has 7 aromatic rings. The Bertz CT molecular complexity index is 2550. The fourth-order valence-corrected chi connectivity index (χ4v) is 7.12. The molecule has 0 aliphatic carbocycles. The Labute approximate surface area is 297 Å². The molecule has 0 amide bonds. The highest BCUT2D eigenvalue weighted by Gasteiger charge is 2.22. The van der Waals surface area contributed by atoms with Crippen molar-refractivity contribution < 1.29 is 20.4 Å². The number of aromatic nitrogens is 4. The summed E-state index contributed by atoms with van der Waals surface area (Å²) in [4.78, 5) is 17.5. The first-order chi connectivity index (χ1) is 25.4. The van der Waals surface area contributed by atoms with Crippen molar-refractivity contribution in [3.63, 3.8) is 0 Å². The predicted molar refractivity (Wildman–Crippen MR) is 207 cm³/mol. The van der Waals surface area contributed by atoms with E-state index in [1.807, 2.05) is 109 Å². The van der Waals surface area contributed by atoms with Crippen molar-refractivity contribution in [1.29, 1.82) is 0 Å². The average Bonchev–Trinajstić information content (AvgIpc) is 3.99. The molecule has 0 saturated carbocycles. The largest absolute Gasteiger partial charge is 0.507 e. The number of phenols is 4. The first kappa shape index (κ1) is 30.7. The van der Waals surface area contributed by atoms with E-state index in [0.29, 0.717) is 44.9 Å². The van der Waals surface area contributed by atoms with Crippen LogP contribution < -0.4 is 0 Å². The van der Waals surface area contributed by atoms with E-state index in [1.165, 1.54) is 0 Å². The van der Waals surface area contributed by atoms with E-state index in [9.17, 15) is 20.4 Å². The van der Waals surface area contributed by atoms with Gasteiger partial charge in [0, 0.05) is 44.3 Å². The highest BCUT2D eigenvalue weighted by atomic mass is 16.3. The van der Waals surface area contributed by atoms with Gasteiger partial charge in [-0.3, -0.25) is 0 Å². The maximum atomic E-state index is 11.2. The molecule has 2 aliphatic heterocycles. The minimum atomic E-state index is -0.0866. The minimum absolute atomic E-state index is 0.0866. The Balaban J connectivity index is 1.51. The van der Waals surface area contributed by atoms with Crippen LogP contribution in [0.5, 0.6) is 23.0 Å². The fourth-order valence-electron chi connectivity index (χ4n) is 7.12. The molecule has 9 rings (SSSR count). The molecule has 52 heavy (non-hydrogen) atoms. The average molecular weight is 679 g/mol. The zero-order valence-electron chi connectivity index (χ0n) is 27.5. The maximum Gasteiger partial charge on any atom is 0.127 e. The van der Waals surface area contributed by atoms with Crippen LogP contribution in [-0.4, -0.2) is 40.4 Å². The van der Waals surface area contributed by atoms with Crippen LogP contribution in [0.3, 0.4) is 0 Å². The van der Waals surface area contributed by atoms with Crippen LogP contribution in [0, 0.1) is 0 Å². The zero-order valence-corrected chi connectivity index (χ0v) is 27.5. The molecule has 0 spiro atoms. The molecular weight excluding hydrogens is 649 g/mol. The number of hydrogen-bond acceptors (Lipinski definition) is 6. The Morgan fingerprint density at radius 1 is 0.308 bits per heavy atom. The first-order valence-corrected chi connectivity index (χ1v) is 16.7. The molecular formula is C44H30N4O4. The normalized spacial score (nSPS) is 12.0.